The Labute approximate surface area is 154 Å². The Morgan fingerprint density at radius 2 is 1.89 bits per heavy atom. The molecular weight excluding hydrogens is 358 g/mol. The highest BCUT2D eigenvalue weighted by Crippen LogP contribution is 2.04. The van der Waals surface area contributed by atoms with Crippen molar-refractivity contribution in [3.63, 3.8) is 0 Å². The third kappa shape index (κ3) is 6.06. The van der Waals surface area contributed by atoms with Gasteiger partial charge < -0.3 is 19.5 Å². The van der Waals surface area contributed by atoms with E-state index in [4.69, 9.17) is 4.74 Å². The van der Waals surface area contributed by atoms with E-state index in [1.807, 2.05) is 18.2 Å². The summed E-state index contributed by atoms with van der Waals surface area (Å²) < 4.78 is 14.2. The van der Waals surface area contributed by atoms with Crippen LogP contribution in [0.15, 0.2) is 30.3 Å². The fraction of sp³-hybridized carbons (Fsp3) is 0.375. The molecule has 0 bridgehead atoms. The average molecular weight is 377 g/mol. The van der Waals surface area contributed by atoms with Gasteiger partial charge in [-0.2, -0.15) is 0 Å². The van der Waals surface area contributed by atoms with Gasteiger partial charge in [0.1, 0.15) is 12.6 Å². The third-order valence-electron chi connectivity index (χ3n) is 3.44. The number of nitrogens with one attached hydrogen (secondary N) is 1. The van der Waals surface area contributed by atoms with Gasteiger partial charge in [-0.05, 0) is 17.2 Å². The number of benzene rings is 1. The normalized spacial score (nSPS) is 11.3. The van der Waals surface area contributed by atoms with E-state index in [-0.39, 0.29) is 25.3 Å². The van der Waals surface area contributed by atoms with Gasteiger partial charge in [-0.1, -0.05) is 35.1 Å². The first-order valence-corrected chi connectivity index (χ1v) is 7.95. The van der Waals surface area contributed by atoms with Crippen molar-refractivity contribution in [3.05, 3.63) is 41.7 Å². The molecule has 144 valence electrons. The second-order valence-electron chi connectivity index (χ2n) is 5.29. The van der Waals surface area contributed by atoms with Crippen LogP contribution >= 0.6 is 0 Å². The van der Waals surface area contributed by atoms with Crippen LogP contribution in [0.4, 0.5) is 9.59 Å². The van der Waals surface area contributed by atoms with Gasteiger partial charge in [0.2, 0.25) is 0 Å². The smallest absolute Gasteiger partial charge is 0.453 e. The lowest BCUT2D eigenvalue weighted by atomic mass is 10.1. The van der Waals surface area contributed by atoms with Crippen molar-refractivity contribution in [2.75, 3.05) is 14.2 Å². The van der Waals surface area contributed by atoms with Crippen LogP contribution in [0.1, 0.15) is 17.8 Å². The number of carbonyl (C=O) groups excluding carboxylic acids is 3. The van der Waals surface area contributed by atoms with Gasteiger partial charge in [0.25, 0.3) is 0 Å². The average Bonchev–Trinajstić information content (AvgIpc) is 3.18. The lowest BCUT2D eigenvalue weighted by Crippen LogP contribution is -2.42. The number of carbonyl (C=O) groups is 3. The summed E-state index contributed by atoms with van der Waals surface area (Å²) >= 11 is 0. The fourth-order valence-corrected chi connectivity index (χ4v) is 2.07. The number of alkyl carbamates (subject to hydrolysis) is 1. The van der Waals surface area contributed by atoms with Crippen molar-refractivity contribution in [1.29, 1.82) is 0 Å². The molecule has 11 nitrogen and oxygen atoms in total. The standard InChI is InChI=1S/C16H19N5O6/c1-25-14(22)12(8-9-13-18-20-21(19-13)16(24)26-2)17-15(23)27-10-11-6-4-3-5-7-11/h3-7,12H,8-10H2,1-2H3,(H,17,23)/t12-/m0/s1. The Hall–Kier alpha value is -3.50. The largest absolute Gasteiger partial charge is 0.467 e. The Balaban J connectivity index is 1.88. The summed E-state index contributed by atoms with van der Waals surface area (Å²) in [5.41, 5.74) is 0.811. The summed E-state index contributed by atoms with van der Waals surface area (Å²) in [6.45, 7) is 0.0651. The number of ether oxygens (including phenoxy) is 3. The molecule has 1 heterocycles. The van der Waals surface area contributed by atoms with E-state index in [0.717, 1.165) is 5.56 Å². The summed E-state index contributed by atoms with van der Waals surface area (Å²) in [4.78, 5) is 35.8. The van der Waals surface area contributed by atoms with Gasteiger partial charge >= 0.3 is 18.2 Å². The van der Waals surface area contributed by atoms with E-state index in [1.165, 1.54) is 14.2 Å². The van der Waals surface area contributed by atoms with Crippen LogP contribution < -0.4 is 5.32 Å². The minimum atomic E-state index is -0.969. The predicted molar refractivity (Wildman–Crippen MR) is 89.5 cm³/mol. The molecule has 1 aromatic heterocycles. The summed E-state index contributed by atoms with van der Waals surface area (Å²) in [5.74, 6) is -0.444. The Morgan fingerprint density at radius 3 is 2.56 bits per heavy atom. The van der Waals surface area contributed by atoms with Crippen molar-refractivity contribution >= 4 is 18.2 Å². The van der Waals surface area contributed by atoms with Gasteiger partial charge in [-0.25, -0.2) is 14.4 Å². The Kier molecular flexibility index (Phi) is 7.23. The van der Waals surface area contributed by atoms with E-state index in [1.54, 1.807) is 12.1 Å². The highest BCUT2D eigenvalue weighted by molar-refractivity contribution is 5.81. The highest BCUT2D eigenvalue weighted by Gasteiger charge is 2.23. The molecule has 0 unspecified atom stereocenters. The third-order valence-corrected chi connectivity index (χ3v) is 3.44. The van der Waals surface area contributed by atoms with Gasteiger partial charge in [0, 0.05) is 6.42 Å². The number of hydrogen-bond acceptors (Lipinski definition) is 9. The summed E-state index contributed by atoms with van der Waals surface area (Å²) in [6, 6.07) is 8.14. The van der Waals surface area contributed by atoms with Gasteiger partial charge in [0.15, 0.2) is 5.82 Å². The monoisotopic (exact) mass is 377 g/mol. The van der Waals surface area contributed by atoms with Crippen molar-refractivity contribution in [1.82, 2.24) is 25.5 Å². The van der Waals surface area contributed by atoms with Crippen LogP contribution in [-0.4, -0.2) is 58.6 Å². The van der Waals surface area contributed by atoms with Gasteiger partial charge in [-0.3, -0.25) is 0 Å². The lowest BCUT2D eigenvalue weighted by molar-refractivity contribution is -0.143. The molecule has 0 aliphatic carbocycles. The zero-order chi connectivity index (χ0) is 19.6. The Bertz CT molecular complexity index is 779. The number of hydrogen-bond donors (Lipinski definition) is 1. The molecule has 0 aliphatic heterocycles. The van der Waals surface area contributed by atoms with Crippen molar-refractivity contribution in [3.8, 4) is 0 Å². The quantitative estimate of drug-likeness (QED) is 0.546. The van der Waals surface area contributed by atoms with E-state index >= 15 is 0 Å². The minimum absolute atomic E-state index is 0.0651. The second-order valence-corrected chi connectivity index (χ2v) is 5.29. The van der Waals surface area contributed by atoms with Crippen LogP contribution in [0.5, 0.6) is 0 Å². The zero-order valence-electron chi connectivity index (χ0n) is 14.8. The van der Waals surface area contributed by atoms with Crippen molar-refractivity contribution < 1.29 is 28.6 Å². The maximum absolute atomic E-state index is 11.9. The zero-order valence-corrected chi connectivity index (χ0v) is 14.8. The summed E-state index contributed by atoms with van der Waals surface area (Å²) in [7, 11) is 2.39. The fourth-order valence-electron chi connectivity index (χ4n) is 2.07. The number of rotatable bonds is 7. The molecule has 0 spiro atoms. The molecule has 1 atom stereocenters. The van der Waals surface area contributed by atoms with E-state index in [9.17, 15) is 14.4 Å². The van der Waals surface area contributed by atoms with Crippen molar-refractivity contribution in [2.45, 2.75) is 25.5 Å². The molecule has 2 aromatic rings. The highest BCUT2D eigenvalue weighted by atomic mass is 16.6. The molecule has 1 amide bonds. The molecular formula is C16H19N5O6. The molecule has 0 fully saturated rings. The van der Waals surface area contributed by atoms with Crippen LogP contribution in [0.2, 0.25) is 0 Å². The number of tetrazole rings is 1. The number of esters is 1. The second kappa shape index (κ2) is 9.85. The molecule has 0 aliphatic rings. The molecule has 0 radical (unpaired) electrons. The number of methoxy groups -OCH3 is 2. The van der Waals surface area contributed by atoms with Crippen LogP contribution in [-0.2, 0) is 32.0 Å². The van der Waals surface area contributed by atoms with Crippen LogP contribution in [0.3, 0.4) is 0 Å². The van der Waals surface area contributed by atoms with E-state index < -0.39 is 24.2 Å². The molecule has 1 N–H and O–H groups in total. The summed E-state index contributed by atoms with van der Waals surface area (Å²) in [5, 5.41) is 13.5. The predicted octanol–water partition coefficient (Wildman–Crippen LogP) is 0.688. The topological polar surface area (TPSA) is 135 Å². The van der Waals surface area contributed by atoms with Crippen LogP contribution in [0, 0.1) is 0 Å². The molecule has 0 saturated carbocycles. The number of aryl methyl sites for hydroxylation is 1. The number of aromatic nitrogens is 4. The first kappa shape index (κ1) is 19.8. The molecule has 1 aromatic carbocycles. The minimum Gasteiger partial charge on any atom is -0.467 e. The van der Waals surface area contributed by atoms with E-state index in [0.29, 0.717) is 4.80 Å². The maximum atomic E-state index is 11.9. The molecule has 27 heavy (non-hydrogen) atoms. The lowest BCUT2D eigenvalue weighted by Gasteiger charge is -2.15. The van der Waals surface area contributed by atoms with Crippen LogP contribution in [0.25, 0.3) is 0 Å². The van der Waals surface area contributed by atoms with Gasteiger partial charge in [-0.15, -0.1) is 10.2 Å². The number of nitrogens with zero attached hydrogens (tertiary/aromatic N) is 4. The SMILES string of the molecule is COC(=O)[C@H](CCc1nnn(C(=O)OC)n1)NC(=O)OCc1ccccc1. The number of amides is 1. The van der Waals surface area contributed by atoms with Crippen molar-refractivity contribution in [2.24, 2.45) is 0 Å². The molecule has 0 saturated heterocycles. The molecule has 2 rings (SSSR count). The molecule has 11 heteroatoms. The Morgan fingerprint density at radius 1 is 1.15 bits per heavy atom. The first-order chi connectivity index (χ1) is 13.0. The van der Waals surface area contributed by atoms with Gasteiger partial charge in [0.05, 0.1) is 14.2 Å². The van der Waals surface area contributed by atoms with E-state index in [2.05, 4.69) is 30.2 Å². The first-order valence-electron chi connectivity index (χ1n) is 7.95. The summed E-state index contributed by atoms with van der Waals surface area (Å²) in [6.07, 6.45) is -1.27. The maximum Gasteiger partial charge on any atom is 0.453 e.